The van der Waals surface area contributed by atoms with Gasteiger partial charge in [0.05, 0.1) is 6.21 Å². The van der Waals surface area contributed by atoms with E-state index < -0.39 is 6.03 Å². The number of carbonyl (C=O) groups excluding carboxylic acids is 2. The molecule has 0 aromatic rings. The van der Waals surface area contributed by atoms with Crippen LogP contribution in [0.3, 0.4) is 0 Å². The third kappa shape index (κ3) is 2.99. The summed E-state index contributed by atoms with van der Waals surface area (Å²) in [5.41, 5.74) is 5.28. The fourth-order valence-electron chi connectivity index (χ4n) is 1.48. The monoisotopic (exact) mass is 210 g/mol. The van der Waals surface area contributed by atoms with Crippen molar-refractivity contribution in [2.75, 3.05) is 6.54 Å². The second-order valence-corrected chi connectivity index (χ2v) is 3.65. The fraction of sp³-hybridized carbons (Fsp3) is 0.500. The molecule has 15 heavy (non-hydrogen) atoms. The molecular weight excluding hydrogens is 194 g/mol. The summed E-state index contributed by atoms with van der Waals surface area (Å²) >= 11 is 0. The molecule has 2 N–H and O–H groups in total. The predicted molar refractivity (Wildman–Crippen MR) is 56.9 cm³/mol. The number of ketones is 1. The first-order valence-electron chi connectivity index (χ1n) is 4.97. The van der Waals surface area contributed by atoms with Gasteiger partial charge in [-0.05, 0) is 13.3 Å². The number of nitrogens with two attached hydrogens (primary N) is 1. The van der Waals surface area contributed by atoms with Gasteiger partial charge >= 0.3 is 6.03 Å². The zero-order chi connectivity index (χ0) is 11.3. The molecule has 2 amide bonds. The molecule has 0 aliphatic carbocycles. The third-order valence-electron chi connectivity index (χ3n) is 2.35. The first-order chi connectivity index (χ1) is 7.07. The van der Waals surface area contributed by atoms with Gasteiger partial charge in [0.2, 0.25) is 0 Å². The predicted octanol–water partition coefficient (Wildman–Crippen LogP) is 1.15. The zero-order valence-corrected chi connectivity index (χ0v) is 8.85. The van der Waals surface area contributed by atoms with Gasteiger partial charge in [-0.1, -0.05) is 9.69 Å². The van der Waals surface area contributed by atoms with Gasteiger partial charge in [0.25, 0.3) is 0 Å². The van der Waals surface area contributed by atoms with Crippen LogP contribution in [-0.4, -0.2) is 29.2 Å². The number of primary amides is 1. The van der Waals surface area contributed by atoms with Gasteiger partial charge < -0.3 is 10.5 Å². The second kappa shape index (κ2) is 4.84. The number of amides is 2. The molecule has 0 spiro atoms. The number of urea groups is 1. The van der Waals surface area contributed by atoms with Crippen LogP contribution in [0.5, 0.6) is 0 Å². The number of unbranched alkanes of at least 4 members (excludes halogenated alkanes) is 1. The minimum Gasteiger partial charge on any atom is -0.316 e. The van der Waals surface area contributed by atoms with Gasteiger partial charge in [-0.3, -0.25) is 0 Å². The Morgan fingerprint density at radius 1 is 1.40 bits per heavy atom. The van der Waals surface area contributed by atoms with E-state index in [1.165, 1.54) is 0 Å². The number of Topliss-reactive ketones (excluding diaryl/α,β-unsaturated/α-hetero) is 1. The zero-order valence-electron chi connectivity index (χ0n) is 8.85. The van der Waals surface area contributed by atoms with Crippen LogP contribution in [0.4, 0.5) is 4.79 Å². The molecule has 0 saturated heterocycles. The van der Waals surface area contributed by atoms with Crippen LogP contribution in [0.2, 0.25) is 0 Å². The Hall–Kier alpha value is -1.49. The summed E-state index contributed by atoms with van der Waals surface area (Å²) in [5, 5.41) is 4.03. The van der Waals surface area contributed by atoms with Crippen LogP contribution >= 0.6 is 0 Å². The topological polar surface area (TPSA) is 72.5 Å². The van der Waals surface area contributed by atoms with Crippen molar-refractivity contribution >= 4 is 18.0 Å². The standard InChI is InChI=1S/C10H15N3O2/c1-9(14)5-2-3-7-13(10(11)15)8-4-6-12-13/h4,6,8H,2-3,5,7H2,1H3,(H-,11,15)/p+1. The molecule has 0 fully saturated rings. The Morgan fingerprint density at radius 3 is 2.60 bits per heavy atom. The molecule has 0 aromatic carbocycles. The molecule has 1 rings (SSSR count). The van der Waals surface area contributed by atoms with Crippen molar-refractivity contribution in [2.45, 2.75) is 26.2 Å². The summed E-state index contributed by atoms with van der Waals surface area (Å²) in [6.07, 6.45) is 7.00. The molecule has 1 atom stereocenters. The van der Waals surface area contributed by atoms with Crippen molar-refractivity contribution in [1.29, 1.82) is 0 Å². The highest BCUT2D eigenvalue weighted by molar-refractivity contribution is 5.76. The van der Waals surface area contributed by atoms with Crippen LogP contribution in [0.25, 0.3) is 0 Å². The molecule has 5 heteroatoms. The van der Waals surface area contributed by atoms with Crippen LogP contribution in [0.15, 0.2) is 17.4 Å². The maximum Gasteiger partial charge on any atom is 0.445 e. The summed E-state index contributed by atoms with van der Waals surface area (Å²) in [4.78, 5) is 21.9. The number of hydrogen-bond acceptors (Lipinski definition) is 3. The smallest absolute Gasteiger partial charge is 0.316 e. The summed E-state index contributed by atoms with van der Waals surface area (Å²) < 4.78 is -0.169. The maximum absolute atomic E-state index is 11.2. The normalized spacial score (nSPS) is 23.3. The van der Waals surface area contributed by atoms with Crippen molar-refractivity contribution in [2.24, 2.45) is 10.8 Å². The number of nitrogens with zero attached hydrogens (tertiary/aromatic N) is 2. The van der Waals surface area contributed by atoms with Gasteiger partial charge in [0.15, 0.2) is 0 Å². The maximum atomic E-state index is 11.2. The SMILES string of the molecule is CC(=O)CCCC[N+]1(C(N)=O)C=CC=N1. The lowest BCUT2D eigenvalue weighted by Gasteiger charge is -2.20. The van der Waals surface area contributed by atoms with Crippen LogP contribution in [0, 0.1) is 0 Å². The Bertz CT molecular complexity index is 309. The number of allylic oxidation sites excluding steroid dienone is 1. The van der Waals surface area contributed by atoms with E-state index in [1.807, 2.05) is 0 Å². The summed E-state index contributed by atoms with van der Waals surface area (Å²) in [5.74, 6) is 0.168. The quantitative estimate of drug-likeness (QED) is 0.546. The van der Waals surface area contributed by atoms with E-state index in [-0.39, 0.29) is 10.4 Å². The molecule has 0 bridgehead atoms. The fourth-order valence-corrected chi connectivity index (χ4v) is 1.48. The Morgan fingerprint density at radius 2 is 2.13 bits per heavy atom. The van der Waals surface area contributed by atoms with Gasteiger partial charge in [0, 0.05) is 18.9 Å². The van der Waals surface area contributed by atoms with Crippen molar-refractivity contribution in [3.8, 4) is 0 Å². The number of carbonyl (C=O) groups is 2. The average molecular weight is 210 g/mol. The minimum atomic E-state index is -0.483. The molecular formula is C10H16N3O2+. The van der Waals surface area contributed by atoms with Crippen molar-refractivity contribution in [3.63, 3.8) is 0 Å². The largest absolute Gasteiger partial charge is 0.445 e. The van der Waals surface area contributed by atoms with E-state index in [1.54, 1.807) is 25.4 Å². The summed E-state index contributed by atoms with van der Waals surface area (Å²) in [6, 6.07) is -0.483. The van der Waals surface area contributed by atoms with E-state index in [0.29, 0.717) is 13.0 Å². The highest BCUT2D eigenvalue weighted by Gasteiger charge is 2.34. The molecule has 5 nitrogen and oxygen atoms in total. The lowest BCUT2D eigenvalue weighted by atomic mass is 10.2. The lowest BCUT2D eigenvalue weighted by Crippen LogP contribution is -2.46. The van der Waals surface area contributed by atoms with Gasteiger partial charge in [-0.25, -0.2) is 4.79 Å². The molecule has 1 unspecified atom stereocenters. The van der Waals surface area contributed by atoms with Crippen LogP contribution in [0.1, 0.15) is 26.2 Å². The Kier molecular flexibility index (Phi) is 3.74. The molecule has 0 aromatic heterocycles. The third-order valence-corrected chi connectivity index (χ3v) is 2.35. The van der Waals surface area contributed by atoms with E-state index in [2.05, 4.69) is 5.10 Å². The Balaban J connectivity index is 2.41. The summed E-state index contributed by atoms with van der Waals surface area (Å²) in [6.45, 7) is 2.09. The number of rotatable bonds is 5. The average Bonchev–Trinajstić information content (AvgIpc) is 2.62. The molecule has 0 radical (unpaired) electrons. The van der Waals surface area contributed by atoms with Crippen molar-refractivity contribution in [1.82, 2.24) is 0 Å². The summed E-state index contributed by atoms with van der Waals surface area (Å²) in [7, 11) is 0. The number of hydrogen-bond donors (Lipinski definition) is 1. The number of quaternary nitrogens is 1. The first-order valence-corrected chi connectivity index (χ1v) is 4.97. The van der Waals surface area contributed by atoms with E-state index in [4.69, 9.17) is 5.73 Å². The minimum absolute atomic E-state index is 0.168. The Labute approximate surface area is 88.8 Å². The van der Waals surface area contributed by atoms with Gasteiger partial charge in [0.1, 0.15) is 18.5 Å². The first kappa shape index (κ1) is 11.6. The highest BCUT2D eigenvalue weighted by atomic mass is 16.2. The van der Waals surface area contributed by atoms with Crippen LogP contribution < -0.4 is 5.73 Å². The molecule has 1 aliphatic rings. The van der Waals surface area contributed by atoms with E-state index >= 15 is 0 Å². The second-order valence-electron chi connectivity index (χ2n) is 3.65. The van der Waals surface area contributed by atoms with E-state index in [0.717, 1.165) is 12.8 Å². The van der Waals surface area contributed by atoms with Crippen molar-refractivity contribution < 1.29 is 14.2 Å². The molecule has 1 heterocycles. The molecule has 0 saturated carbocycles. The van der Waals surface area contributed by atoms with Gasteiger partial charge in [-0.2, -0.15) is 0 Å². The molecule has 1 aliphatic heterocycles. The molecule has 82 valence electrons. The van der Waals surface area contributed by atoms with Crippen LogP contribution in [-0.2, 0) is 4.79 Å². The van der Waals surface area contributed by atoms with Crippen molar-refractivity contribution in [3.05, 3.63) is 12.3 Å². The van der Waals surface area contributed by atoms with E-state index in [9.17, 15) is 9.59 Å². The van der Waals surface area contributed by atoms with Gasteiger partial charge in [-0.15, -0.1) is 0 Å². The highest BCUT2D eigenvalue weighted by Crippen LogP contribution is 2.15. The lowest BCUT2D eigenvalue weighted by molar-refractivity contribution is -0.801.